The third-order valence-electron chi connectivity index (χ3n) is 3.92. The van der Waals surface area contributed by atoms with Crippen LogP contribution in [0.3, 0.4) is 0 Å². The Hall–Kier alpha value is -2.97. The predicted octanol–water partition coefficient (Wildman–Crippen LogP) is 5.20. The van der Waals surface area contributed by atoms with E-state index in [2.05, 4.69) is 42.4 Å². The Morgan fingerprint density at radius 3 is 2.40 bits per heavy atom. The second-order valence-electron chi connectivity index (χ2n) is 6.00. The predicted molar refractivity (Wildman–Crippen MR) is 121 cm³/mol. The number of benzene rings is 3. The van der Waals surface area contributed by atoms with E-state index in [1.165, 1.54) is 13.3 Å². The zero-order valence-electron chi connectivity index (χ0n) is 15.8. The lowest BCUT2D eigenvalue weighted by Crippen LogP contribution is -2.17. The Kier molecular flexibility index (Phi) is 7.37. The van der Waals surface area contributed by atoms with E-state index in [9.17, 15) is 9.59 Å². The summed E-state index contributed by atoms with van der Waals surface area (Å²) in [6.07, 6.45) is 1.46. The first-order valence-electron chi connectivity index (χ1n) is 8.71. The standard InChI is InChI=1S/C22H16Br2N2O4/c1-29-19-11-14(13-25-26-21(27)16-8-5-9-17(23)12-16)10-18(24)20(19)30-22(28)15-6-3-2-4-7-15/h2-13H,1H3,(H,26,27)/b25-13-. The number of hydrogen-bond acceptors (Lipinski definition) is 5. The Labute approximate surface area is 190 Å². The number of carbonyl (C=O) groups is 2. The van der Waals surface area contributed by atoms with Crippen molar-refractivity contribution in [2.75, 3.05) is 7.11 Å². The third kappa shape index (κ3) is 5.55. The molecule has 3 rings (SSSR count). The summed E-state index contributed by atoms with van der Waals surface area (Å²) in [5.74, 6) is -0.251. The molecule has 0 saturated heterocycles. The van der Waals surface area contributed by atoms with Crippen molar-refractivity contribution in [3.63, 3.8) is 0 Å². The minimum Gasteiger partial charge on any atom is -0.493 e. The summed E-state index contributed by atoms with van der Waals surface area (Å²) in [6, 6.07) is 19.0. The number of methoxy groups -OCH3 is 1. The molecule has 0 saturated carbocycles. The second kappa shape index (κ2) is 10.2. The molecule has 0 heterocycles. The van der Waals surface area contributed by atoms with Crippen LogP contribution >= 0.6 is 31.9 Å². The number of halogens is 2. The Morgan fingerprint density at radius 2 is 1.70 bits per heavy atom. The maximum atomic E-state index is 12.3. The average molecular weight is 532 g/mol. The van der Waals surface area contributed by atoms with E-state index in [0.717, 1.165) is 4.47 Å². The quantitative estimate of drug-likeness (QED) is 0.205. The highest BCUT2D eigenvalue weighted by molar-refractivity contribution is 9.10. The van der Waals surface area contributed by atoms with Gasteiger partial charge in [-0.3, -0.25) is 4.79 Å². The Balaban J connectivity index is 1.74. The van der Waals surface area contributed by atoms with Gasteiger partial charge in [0.05, 0.1) is 23.4 Å². The summed E-state index contributed by atoms with van der Waals surface area (Å²) in [5, 5.41) is 3.98. The first-order valence-corrected chi connectivity index (χ1v) is 10.3. The van der Waals surface area contributed by atoms with E-state index < -0.39 is 5.97 Å². The van der Waals surface area contributed by atoms with E-state index in [4.69, 9.17) is 9.47 Å². The van der Waals surface area contributed by atoms with Crippen molar-refractivity contribution in [1.82, 2.24) is 5.43 Å². The van der Waals surface area contributed by atoms with Gasteiger partial charge >= 0.3 is 5.97 Å². The maximum absolute atomic E-state index is 12.3. The van der Waals surface area contributed by atoms with Gasteiger partial charge in [-0.15, -0.1) is 0 Å². The van der Waals surface area contributed by atoms with Gasteiger partial charge < -0.3 is 9.47 Å². The monoisotopic (exact) mass is 530 g/mol. The molecule has 1 N–H and O–H groups in total. The molecule has 0 spiro atoms. The van der Waals surface area contributed by atoms with Crippen LogP contribution in [0.4, 0.5) is 0 Å². The maximum Gasteiger partial charge on any atom is 0.343 e. The number of hydrogen-bond donors (Lipinski definition) is 1. The highest BCUT2D eigenvalue weighted by Crippen LogP contribution is 2.36. The van der Waals surface area contributed by atoms with Crippen LogP contribution in [0.25, 0.3) is 0 Å². The zero-order chi connectivity index (χ0) is 21.5. The molecule has 30 heavy (non-hydrogen) atoms. The van der Waals surface area contributed by atoms with Gasteiger partial charge in [-0.25, -0.2) is 10.2 Å². The number of hydrazone groups is 1. The van der Waals surface area contributed by atoms with Gasteiger partial charge in [-0.2, -0.15) is 5.10 Å². The third-order valence-corrected chi connectivity index (χ3v) is 5.00. The highest BCUT2D eigenvalue weighted by Gasteiger charge is 2.16. The molecule has 152 valence electrons. The van der Waals surface area contributed by atoms with Crippen LogP contribution in [-0.2, 0) is 0 Å². The normalized spacial score (nSPS) is 10.6. The lowest BCUT2D eigenvalue weighted by molar-refractivity contribution is 0.0728. The van der Waals surface area contributed by atoms with Crippen LogP contribution in [0, 0.1) is 0 Å². The van der Waals surface area contributed by atoms with Gasteiger partial charge in [-0.1, -0.05) is 40.2 Å². The van der Waals surface area contributed by atoms with Gasteiger partial charge in [0.2, 0.25) is 0 Å². The highest BCUT2D eigenvalue weighted by atomic mass is 79.9. The van der Waals surface area contributed by atoms with Gasteiger partial charge in [0.15, 0.2) is 11.5 Å². The lowest BCUT2D eigenvalue weighted by Gasteiger charge is -2.12. The van der Waals surface area contributed by atoms with E-state index >= 15 is 0 Å². The summed E-state index contributed by atoms with van der Waals surface area (Å²) in [4.78, 5) is 24.5. The molecule has 0 bridgehead atoms. The van der Waals surface area contributed by atoms with E-state index in [1.54, 1.807) is 54.6 Å². The summed E-state index contributed by atoms with van der Waals surface area (Å²) in [5.41, 5.74) is 4.00. The van der Waals surface area contributed by atoms with Crippen molar-refractivity contribution in [3.8, 4) is 11.5 Å². The molecule has 0 aliphatic heterocycles. The fraction of sp³-hybridized carbons (Fsp3) is 0.0455. The van der Waals surface area contributed by atoms with Crippen LogP contribution in [0.1, 0.15) is 26.3 Å². The minimum atomic E-state index is -0.502. The molecule has 0 aliphatic rings. The first-order chi connectivity index (χ1) is 14.5. The molecule has 0 radical (unpaired) electrons. The molecule has 0 atom stereocenters. The van der Waals surface area contributed by atoms with Crippen LogP contribution in [0.2, 0.25) is 0 Å². The number of rotatable bonds is 6. The van der Waals surface area contributed by atoms with Gasteiger partial charge in [0.1, 0.15) is 0 Å². The largest absolute Gasteiger partial charge is 0.493 e. The van der Waals surface area contributed by atoms with Gasteiger partial charge in [0, 0.05) is 10.0 Å². The van der Waals surface area contributed by atoms with Crippen molar-refractivity contribution >= 4 is 50.0 Å². The Morgan fingerprint density at radius 1 is 0.967 bits per heavy atom. The minimum absolute atomic E-state index is 0.252. The second-order valence-corrected chi connectivity index (χ2v) is 7.77. The zero-order valence-corrected chi connectivity index (χ0v) is 18.9. The van der Waals surface area contributed by atoms with E-state index in [-0.39, 0.29) is 11.7 Å². The number of nitrogens with one attached hydrogen (secondary N) is 1. The summed E-state index contributed by atoms with van der Waals surface area (Å²) in [7, 11) is 1.47. The van der Waals surface area contributed by atoms with Crippen LogP contribution in [0.5, 0.6) is 11.5 Å². The molecular weight excluding hydrogens is 516 g/mol. The number of carbonyl (C=O) groups excluding carboxylic acids is 2. The van der Waals surface area contributed by atoms with Crippen LogP contribution in [0.15, 0.2) is 80.8 Å². The van der Waals surface area contributed by atoms with Crippen LogP contribution in [-0.4, -0.2) is 25.2 Å². The van der Waals surface area contributed by atoms with Crippen molar-refractivity contribution in [2.45, 2.75) is 0 Å². The van der Waals surface area contributed by atoms with Crippen LogP contribution < -0.4 is 14.9 Å². The smallest absolute Gasteiger partial charge is 0.343 e. The van der Waals surface area contributed by atoms with Crippen molar-refractivity contribution in [1.29, 1.82) is 0 Å². The summed E-state index contributed by atoms with van der Waals surface area (Å²) in [6.45, 7) is 0. The first kappa shape index (κ1) is 21.7. The SMILES string of the molecule is COc1cc(/C=N\NC(=O)c2cccc(Br)c2)cc(Br)c1OC(=O)c1ccccc1. The average Bonchev–Trinajstić information content (AvgIpc) is 2.75. The summed E-state index contributed by atoms with van der Waals surface area (Å²) >= 11 is 6.72. The molecule has 0 aliphatic carbocycles. The molecule has 3 aromatic rings. The summed E-state index contributed by atoms with van der Waals surface area (Å²) < 4.78 is 12.1. The fourth-order valence-electron chi connectivity index (χ4n) is 2.50. The van der Waals surface area contributed by atoms with Crippen molar-refractivity contribution in [3.05, 3.63) is 92.4 Å². The molecular formula is C22H16Br2N2O4. The number of amides is 1. The van der Waals surface area contributed by atoms with E-state index in [0.29, 0.717) is 26.9 Å². The van der Waals surface area contributed by atoms with Gasteiger partial charge in [0.25, 0.3) is 5.91 Å². The number of ether oxygens (including phenoxy) is 2. The van der Waals surface area contributed by atoms with E-state index in [1.807, 2.05) is 12.1 Å². The number of nitrogens with zero attached hydrogens (tertiary/aromatic N) is 1. The topological polar surface area (TPSA) is 77.0 Å². The van der Waals surface area contributed by atoms with Crippen molar-refractivity contribution < 1.29 is 19.1 Å². The molecule has 6 nitrogen and oxygen atoms in total. The number of esters is 1. The van der Waals surface area contributed by atoms with Crippen molar-refractivity contribution in [2.24, 2.45) is 5.10 Å². The molecule has 1 amide bonds. The Bertz CT molecular complexity index is 1100. The molecule has 3 aromatic carbocycles. The van der Waals surface area contributed by atoms with Gasteiger partial charge in [-0.05, 0) is 64.0 Å². The molecule has 0 fully saturated rings. The fourth-order valence-corrected chi connectivity index (χ4v) is 3.44. The molecule has 8 heteroatoms. The molecule has 0 unspecified atom stereocenters. The molecule has 0 aromatic heterocycles. The lowest BCUT2D eigenvalue weighted by atomic mass is 10.2.